The number of hydrogen-bond donors (Lipinski definition) is 0. The Hall–Kier alpha value is -0.990. The van der Waals surface area contributed by atoms with Crippen molar-refractivity contribution >= 4 is 6.29 Å². The number of carbonyl (C=O) groups excluding carboxylic acids is 1. The molecule has 0 saturated heterocycles. The maximum absolute atomic E-state index is 10.8. The lowest BCUT2D eigenvalue weighted by molar-refractivity contribution is -0.107. The van der Waals surface area contributed by atoms with Gasteiger partial charge in [-0.1, -0.05) is 75.6 Å². The van der Waals surface area contributed by atoms with Gasteiger partial charge in [0.25, 0.3) is 0 Å². The summed E-state index contributed by atoms with van der Waals surface area (Å²) in [6.45, 7) is 2.22. The standard InChI is InChI=1S/C18H33NO2/c1-2-3-4-5-6-9-12-15-18(19-21)16-13-10-7-8-11-14-17-20/h12,15,17-18H,2-11,13-14,16H2,1H3/b15-12+. The number of nitrogens with zero attached hydrogens (tertiary/aromatic N) is 1. The number of aldehydes is 1. The van der Waals surface area contributed by atoms with Gasteiger partial charge in [-0.15, -0.1) is 0 Å². The highest BCUT2D eigenvalue weighted by atomic mass is 16.3. The van der Waals surface area contributed by atoms with Crippen molar-refractivity contribution in [3.8, 4) is 0 Å². The van der Waals surface area contributed by atoms with Gasteiger partial charge in [0, 0.05) is 6.42 Å². The molecule has 0 aromatic rings. The maximum atomic E-state index is 10.8. The van der Waals surface area contributed by atoms with Crippen LogP contribution in [0.15, 0.2) is 17.3 Å². The first-order chi connectivity index (χ1) is 10.3. The van der Waals surface area contributed by atoms with E-state index in [0.29, 0.717) is 6.42 Å². The normalized spacial score (nSPS) is 12.6. The maximum Gasteiger partial charge on any atom is 0.119 e. The van der Waals surface area contributed by atoms with Crippen molar-refractivity contribution in [2.45, 2.75) is 96.4 Å². The van der Waals surface area contributed by atoms with Gasteiger partial charge in [-0.05, 0) is 25.7 Å². The van der Waals surface area contributed by atoms with Crippen molar-refractivity contribution in [3.05, 3.63) is 17.1 Å². The van der Waals surface area contributed by atoms with E-state index in [-0.39, 0.29) is 6.04 Å². The quantitative estimate of drug-likeness (QED) is 0.152. The summed E-state index contributed by atoms with van der Waals surface area (Å²) in [4.78, 5) is 20.9. The largest absolute Gasteiger partial charge is 0.303 e. The Labute approximate surface area is 130 Å². The number of unbranched alkanes of at least 4 members (excludes halogenated alkanes) is 10. The van der Waals surface area contributed by atoms with Crippen LogP contribution < -0.4 is 0 Å². The van der Waals surface area contributed by atoms with E-state index < -0.39 is 0 Å². The molecule has 0 N–H and O–H groups in total. The van der Waals surface area contributed by atoms with Crippen molar-refractivity contribution in [2.75, 3.05) is 0 Å². The Bertz CT molecular complexity index is 264. The summed E-state index contributed by atoms with van der Waals surface area (Å²) in [5, 5.41) is 3.20. The second-order valence-electron chi connectivity index (χ2n) is 5.82. The summed E-state index contributed by atoms with van der Waals surface area (Å²) in [5.41, 5.74) is 0. The lowest BCUT2D eigenvalue weighted by Gasteiger charge is -2.04. The molecule has 0 aliphatic rings. The van der Waals surface area contributed by atoms with Gasteiger partial charge >= 0.3 is 0 Å². The number of rotatable bonds is 16. The number of carbonyl (C=O) groups is 1. The molecule has 0 aromatic heterocycles. The van der Waals surface area contributed by atoms with E-state index in [1.54, 1.807) is 0 Å². The molecule has 0 fully saturated rings. The third kappa shape index (κ3) is 15.2. The molecule has 0 radical (unpaired) electrons. The lowest BCUT2D eigenvalue weighted by atomic mass is 10.0. The van der Waals surface area contributed by atoms with Gasteiger partial charge in [-0.2, -0.15) is 4.91 Å². The minimum Gasteiger partial charge on any atom is -0.303 e. The zero-order chi connectivity index (χ0) is 15.6. The Kier molecular flexibility index (Phi) is 16.3. The van der Waals surface area contributed by atoms with Crippen molar-refractivity contribution < 1.29 is 4.79 Å². The summed E-state index contributed by atoms with van der Waals surface area (Å²) >= 11 is 0. The highest BCUT2D eigenvalue weighted by Gasteiger charge is 2.03. The fraction of sp³-hybridized carbons (Fsp3) is 0.833. The molecule has 1 atom stereocenters. The second kappa shape index (κ2) is 17.1. The van der Waals surface area contributed by atoms with Crippen LogP contribution in [0.5, 0.6) is 0 Å². The molecule has 0 aromatic carbocycles. The van der Waals surface area contributed by atoms with E-state index in [9.17, 15) is 9.70 Å². The van der Waals surface area contributed by atoms with Crippen LogP contribution in [0.2, 0.25) is 0 Å². The molecule has 0 spiro atoms. The van der Waals surface area contributed by atoms with Crippen LogP contribution in [0.25, 0.3) is 0 Å². The molecule has 0 amide bonds. The van der Waals surface area contributed by atoms with Crippen LogP contribution in [0, 0.1) is 4.91 Å². The molecule has 0 heterocycles. The van der Waals surface area contributed by atoms with Gasteiger partial charge in [0.15, 0.2) is 0 Å². The predicted octanol–water partition coefficient (Wildman–Crippen LogP) is 5.97. The summed E-state index contributed by atoms with van der Waals surface area (Å²) in [7, 11) is 0. The third-order valence-electron chi connectivity index (χ3n) is 3.79. The summed E-state index contributed by atoms with van der Waals surface area (Å²) in [5.74, 6) is 0. The Balaban J connectivity index is 3.47. The van der Waals surface area contributed by atoms with Crippen molar-refractivity contribution in [2.24, 2.45) is 5.18 Å². The number of hydrogen-bond acceptors (Lipinski definition) is 3. The lowest BCUT2D eigenvalue weighted by Crippen LogP contribution is -1.98. The second-order valence-corrected chi connectivity index (χ2v) is 5.82. The zero-order valence-corrected chi connectivity index (χ0v) is 13.8. The predicted molar refractivity (Wildman–Crippen MR) is 90.5 cm³/mol. The first-order valence-electron chi connectivity index (χ1n) is 8.77. The van der Waals surface area contributed by atoms with Crippen LogP contribution in [-0.2, 0) is 4.79 Å². The van der Waals surface area contributed by atoms with Gasteiger partial charge in [0.05, 0.1) is 0 Å². The molecule has 0 aliphatic carbocycles. The fourth-order valence-electron chi connectivity index (χ4n) is 2.41. The molecule has 21 heavy (non-hydrogen) atoms. The van der Waals surface area contributed by atoms with Crippen molar-refractivity contribution in [1.29, 1.82) is 0 Å². The Morgan fingerprint density at radius 1 is 0.857 bits per heavy atom. The van der Waals surface area contributed by atoms with E-state index in [2.05, 4.69) is 18.2 Å². The van der Waals surface area contributed by atoms with Crippen molar-refractivity contribution in [3.63, 3.8) is 0 Å². The molecule has 0 saturated carbocycles. The topological polar surface area (TPSA) is 46.5 Å². The van der Waals surface area contributed by atoms with Gasteiger partial charge in [0.1, 0.15) is 12.3 Å². The molecule has 0 bridgehead atoms. The Morgan fingerprint density at radius 2 is 1.48 bits per heavy atom. The van der Waals surface area contributed by atoms with Crippen LogP contribution >= 0.6 is 0 Å². The van der Waals surface area contributed by atoms with Crippen LogP contribution in [0.1, 0.15) is 90.4 Å². The molecule has 3 heteroatoms. The van der Waals surface area contributed by atoms with Crippen LogP contribution in [0.4, 0.5) is 0 Å². The van der Waals surface area contributed by atoms with Gasteiger partial charge in [-0.3, -0.25) is 0 Å². The van der Waals surface area contributed by atoms with E-state index >= 15 is 0 Å². The van der Waals surface area contributed by atoms with Crippen LogP contribution in [0.3, 0.4) is 0 Å². The van der Waals surface area contributed by atoms with Gasteiger partial charge in [-0.25, -0.2) is 0 Å². The van der Waals surface area contributed by atoms with E-state index in [1.165, 1.54) is 32.1 Å². The number of nitroso groups, excluding NO2 is 1. The average molecular weight is 295 g/mol. The highest BCUT2D eigenvalue weighted by Crippen LogP contribution is 2.12. The summed E-state index contributed by atoms with van der Waals surface area (Å²) in [6.07, 6.45) is 19.6. The summed E-state index contributed by atoms with van der Waals surface area (Å²) in [6, 6.07) is -0.143. The van der Waals surface area contributed by atoms with Crippen molar-refractivity contribution in [1.82, 2.24) is 0 Å². The average Bonchev–Trinajstić information content (AvgIpc) is 2.51. The SMILES string of the molecule is CCCCCCC/C=C/C(CCCCCCCC=O)N=O. The Morgan fingerprint density at radius 3 is 2.14 bits per heavy atom. The molecule has 0 aliphatic heterocycles. The zero-order valence-electron chi connectivity index (χ0n) is 13.8. The molecule has 1 unspecified atom stereocenters. The van der Waals surface area contributed by atoms with E-state index in [0.717, 1.165) is 51.2 Å². The third-order valence-corrected chi connectivity index (χ3v) is 3.79. The molecule has 0 rings (SSSR count). The minimum atomic E-state index is -0.143. The van der Waals surface area contributed by atoms with Crippen LogP contribution in [-0.4, -0.2) is 12.3 Å². The minimum absolute atomic E-state index is 0.143. The molecular weight excluding hydrogens is 262 g/mol. The molecule has 122 valence electrons. The van der Waals surface area contributed by atoms with Gasteiger partial charge in [0.2, 0.25) is 0 Å². The monoisotopic (exact) mass is 295 g/mol. The fourth-order valence-corrected chi connectivity index (χ4v) is 2.41. The first-order valence-corrected chi connectivity index (χ1v) is 8.77. The van der Waals surface area contributed by atoms with E-state index in [4.69, 9.17) is 0 Å². The van der Waals surface area contributed by atoms with Gasteiger partial charge < -0.3 is 4.79 Å². The molecular formula is C18H33NO2. The first kappa shape index (κ1) is 20.0. The summed E-state index contributed by atoms with van der Waals surface area (Å²) < 4.78 is 0. The highest BCUT2D eigenvalue weighted by molar-refractivity contribution is 5.48. The molecule has 3 nitrogen and oxygen atoms in total. The number of allylic oxidation sites excluding steroid dienone is 1. The van der Waals surface area contributed by atoms with E-state index in [1.807, 2.05) is 6.08 Å². The smallest absolute Gasteiger partial charge is 0.119 e.